The van der Waals surface area contributed by atoms with Gasteiger partial charge in [-0.05, 0) is 44.4 Å². The number of aryl methyl sites for hydroxylation is 3. The summed E-state index contributed by atoms with van der Waals surface area (Å²) in [6, 6.07) is 7.64. The molecule has 2 aromatic rings. The number of rotatable bonds is 3. The van der Waals surface area contributed by atoms with Crippen molar-refractivity contribution in [1.82, 2.24) is 9.88 Å². The lowest BCUT2D eigenvalue weighted by atomic mass is 10.1. The van der Waals surface area contributed by atoms with E-state index in [-0.39, 0.29) is 0 Å². The molecule has 0 spiro atoms. The summed E-state index contributed by atoms with van der Waals surface area (Å²) in [5, 5.41) is 4.96. The summed E-state index contributed by atoms with van der Waals surface area (Å²) >= 11 is 0. The number of benzene rings is 1. The molecule has 0 amide bonds. The molecule has 17 heavy (non-hydrogen) atoms. The van der Waals surface area contributed by atoms with Gasteiger partial charge in [0.05, 0.1) is 5.52 Å². The Bertz CT molecular complexity index is 562. The van der Waals surface area contributed by atoms with Crippen molar-refractivity contribution in [3.8, 4) is 0 Å². The summed E-state index contributed by atoms with van der Waals surface area (Å²) in [5.41, 5.74) is 5.49. The maximum atomic E-state index is 3.59. The second-order valence-electron chi connectivity index (χ2n) is 5.37. The lowest BCUT2D eigenvalue weighted by Crippen LogP contribution is -2.17. The topological polar surface area (TPSA) is 17.0 Å². The van der Waals surface area contributed by atoms with Gasteiger partial charge in [-0.15, -0.1) is 0 Å². The minimum atomic E-state index is 0.774. The average molecular weight is 228 g/mol. The van der Waals surface area contributed by atoms with Crippen LogP contribution < -0.4 is 5.32 Å². The Kier molecular flexibility index (Phi) is 2.48. The summed E-state index contributed by atoms with van der Waals surface area (Å²) in [6.07, 6.45) is 2.70. The molecule has 0 atom stereocenters. The van der Waals surface area contributed by atoms with Gasteiger partial charge in [0, 0.05) is 30.7 Å². The molecule has 3 rings (SSSR count). The minimum Gasteiger partial charge on any atom is -0.346 e. The molecule has 0 saturated heterocycles. The molecule has 2 nitrogen and oxygen atoms in total. The van der Waals surface area contributed by atoms with Crippen LogP contribution in [0, 0.1) is 13.8 Å². The molecular weight excluding hydrogens is 208 g/mol. The lowest BCUT2D eigenvalue weighted by molar-refractivity contribution is 0.655. The van der Waals surface area contributed by atoms with Gasteiger partial charge in [-0.1, -0.05) is 11.6 Å². The number of nitrogens with one attached hydrogen (secondary N) is 1. The van der Waals surface area contributed by atoms with Gasteiger partial charge in [-0.2, -0.15) is 0 Å². The van der Waals surface area contributed by atoms with E-state index in [2.05, 4.69) is 49.0 Å². The zero-order valence-electron chi connectivity index (χ0n) is 10.9. The monoisotopic (exact) mass is 228 g/mol. The van der Waals surface area contributed by atoms with Crippen molar-refractivity contribution < 1.29 is 0 Å². The quantitative estimate of drug-likeness (QED) is 0.854. The maximum absolute atomic E-state index is 3.59. The van der Waals surface area contributed by atoms with Crippen molar-refractivity contribution in [3.63, 3.8) is 0 Å². The Hall–Kier alpha value is -1.28. The first-order chi connectivity index (χ1) is 8.15. The van der Waals surface area contributed by atoms with Crippen molar-refractivity contribution in [2.45, 2.75) is 39.3 Å². The van der Waals surface area contributed by atoms with E-state index in [9.17, 15) is 0 Å². The zero-order valence-corrected chi connectivity index (χ0v) is 10.9. The summed E-state index contributed by atoms with van der Waals surface area (Å²) < 4.78 is 2.33. The number of hydrogen-bond acceptors (Lipinski definition) is 1. The molecule has 1 aliphatic carbocycles. The van der Waals surface area contributed by atoms with Gasteiger partial charge in [0.2, 0.25) is 0 Å². The molecule has 1 aliphatic rings. The molecule has 1 aromatic carbocycles. The van der Waals surface area contributed by atoms with Crippen LogP contribution in [-0.2, 0) is 13.6 Å². The first-order valence-corrected chi connectivity index (χ1v) is 6.44. The third-order valence-electron chi connectivity index (χ3n) is 3.71. The SMILES string of the molecule is Cc1cc(C)c2c(c1)cc(CNC1CC1)n2C. The Morgan fingerprint density at radius 2 is 2.00 bits per heavy atom. The van der Waals surface area contributed by atoms with Crippen LogP contribution in [-0.4, -0.2) is 10.6 Å². The Labute approximate surface area is 103 Å². The van der Waals surface area contributed by atoms with Crippen LogP contribution in [0.1, 0.15) is 29.7 Å². The predicted octanol–water partition coefficient (Wildman–Crippen LogP) is 3.05. The van der Waals surface area contributed by atoms with Crippen molar-refractivity contribution in [3.05, 3.63) is 35.0 Å². The van der Waals surface area contributed by atoms with Gasteiger partial charge >= 0.3 is 0 Å². The second-order valence-corrected chi connectivity index (χ2v) is 5.37. The highest BCUT2D eigenvalue weighted by Gasteiger charge is 2.20. The van der Waals surface area contributed by atoms with Crippen molar-refractivity contribution in [2.75, 3.05) is 0 Å². The molecule has 2 heteroatoms. The Balaban J connectivity index is 2.01. The smallest absolute Gasteiger partial charge is 0.0510 e. The van der Waals surface area contributed by atoms with Gasteiger partial charge in [-0.25, -0.2) is 0 Å². The fourth-order valence-electron chi connectivity index (χ4n) is 2.69. The fraction of sp³-hybridized carbons (Fsp3) is 0.467. The van der Waals surface area contributed by atoms with E-state index in [4.69, 9.17) is 0 Å². The highest BCUT2D eigenvalue weighted by Crippen LogP contribution is 2.25. The molecule has 1 N–H and O–H groups in total. The Morgan fingerprint density at radius 3 is 2.71 bits per heavy atom. The van der Waals surface area contributed by atoms with E-state index < -0.39 is 0 Å². The van der Waals surface area contributed by atoms with Crippen molar-refractivity contribution in [1.29, 1.82) is 0 Å². The van der Waals surface area contributed by atoms with Crippen molar-refractivity contribution >= 4 is 10.9 Å². The summed E-state index contributed by atoms with van der Waals surface area (Å²) in [6.45, 7) is 5.36. The molecule has 0 unspecified atom stereocenters. The normalized spacial score (nSPS) is 15.7. The lowest BCUT2D eigenvalue weighted by Gasteiger charge is -2.07. The van der Waals surface area contributed by atoms with Crippen LogP contribution in [0.2, 0.25) is 0 Å². The number of fused-ring (bicyclic) bond motifs is 1. The molecule has 1 aromatic heterocycles. The van der Waals surface area contributed by atoms with E-state index in [1.54, 1.807) is 0 Å². The molecule has 1 heterocycles. The number of aromatic nitrogens is 1. The largest absolute Gasteiger partial charge is 0.346 e. The van der Waals surface area contributed by atoms with Crippen molar-refractivity contribution in [2.24, 2.45) is 7.05 Å². The number of hydrogen-bond donors (Lipinski definition) is 1. The van der Waals surface area contributed by atoms with Crippen LogP contribution in [0.3, 0.4) is 0 Å². The number of nitrogens with zero attached hydrogens (tertiary/aromatic N) is 1. The average Bonchev–Trinajstić information content (AvgIpc) is 3.01. The van der Waals surface area contributed by atoms with Crippen LogP contribution in [0.15, 0.2) is 18.2 Å². The van der Waals surface area contributed by atoms with Crippen LogP contribution in [0.25, 0.3) is 10.9 Å². The molecule has 0 radical (unpaired) electrons. The highest BCUT2D eigenvalue weighted by molar-refractivity contribution is 5.85. The third-order valence-corrected chi connectivity index (χ3v) is 3.71. The molecule has 1 fully saturated rings. The second kappa shape index (κ2) is 3.88. The molecule has 0 bridgehead atoms. The van der Waals surface area contributed by atoms with Gasteiger partial charge in [0.25, 0.3) is 0 Å². The standard InChI is InChI=1S/C15H20N2/c1-10-6-11(2)15-12(7-10)8-14(17(15)3)9-16-13-4-5-13/h6-8,13,16H,4-5,9H2,1-3H3. The predicted molar refractivity (Wildman–Crippen MR) is 72.3 cm³/mol. The van der Waals surface area contributed by atoms with Gasteiger partial charge in [-0.3, -0.25) is 0 Å². The minimum absolute atomic E-state index is 0.774. The third kappa shape index (κ3) is 1.98. The van der Waals surface area contributed by atoms with Gasteiger partial charge in [0.15, 0.2) is 0 Å². The Morgan fingerprint density at radius 1 is 1.24 bits per heavy atom. The van der Waals surface area contributed by atoms with E-state index >= 15 is 0 Å². The summed E-state index contributed by atoms with van der Waals surface area (Å²) in [4.78, 5) is 0. The molecular formula is C15H20N2. The highest BCUT2D eigenvalue weighted by atomic mass is 15.0. The molecule has 0 aliphatic heterocycles. The summed E-state index contributed by atoms with van der Waals surface area (Å²) in [7, 11) is 2.18. The van der Waals surface area contributed by atoms with Crippen LogP contribution >= 0.6 is 0 Å². The van der Waals surface area contributed by atoms with E-state index in [0.717, 1.165) is 12.6 Å². The first kappa shape index (κ1) is 10.8. The van der Waals surface area contributed by atoms with Crippen LogP contribution in [0.4, 0.5) is 0 Å². The van der Waals surface area contributed by atoms with Gasteiger partial charge < -0.3 is 9.88 Å². The van der Waals surface area contributed by atoms with E-state index in [0.29, 0.717) is 0 Å². The van der Waals surface area contributed by atoms with Crippen LogP contribution in [0.5, 0.6) is 0 Å². The maximum Gasteiger partial charge on any atom is 0.0510 e. The van der Waals surface area contributed by atoms with Gasteiger partial charge in [0.1, 0.15) is 0 Å². The zero-order chi connectivity index (χ0) is 12.0. The fourth-order valence-corrected chi connectivity index (χ4v) is 2.69. The first-order valence-electron chi connectivity index (χ1n) is 6.44. The molecule has 1 saturated carbocycles. The summed E-state index contributed by atoms with van der Waals surface area (Å²) in [5.74, 6) is 0. The van der Waals surface area contributed by atoms with E-state index in [1.165, 1.54) is 40.6 Å². The molecule has 90 valence electrons. The van der Waals surface area contributed by atoms with E-state index in [1.807, 2.05) is 0 Å².